The molecule has 1 atom stereocenters. The van der Waals surface area contributed by atoms with E-state index in [9.17, 15) is 32.7 Å². The van der Waals surface area contributed by atoms with E-state index in [-0.39, 0.29) is 31.1 Å². The van der Waals surface area contributed by atoms with Crippen molar-refractivity contribution in [2.45, 2.75) is 50.6 Å². The fourth-order valence-electron chi connectivity index (χ4n) is 3.02. The van der Waals surface area contributed by atoms with E-state index in [4.69, 9.17) is 14.6 Å². The number of alkyl halides is 3. The minimum atomic E-state index is -4.53. The highest BCUT2D eigenvalue weighted by molar-refractivity contribution is 5.96. The monoisotopic (exact) mass is 447 g/mol. The maximum atomic E-state index is 12.6. The van der Waals surface area contributed by atoms with Crippen LogP contribution in [0.4, 0.5) is 13.2 Å². The van der Waals surface area contributed by atoms with Gasteiger partial charge in [0, 0.05) is 18.4 Å². The average Bonchev–Trinajstić information content (AvgIpc) is 2.70. The predicted molar refractivity (Wildman–Crippen MR) is 100 cm³/mol. The molecule has 1 fully saturated rings. The van der Waals surface area contributed by atoms with E-state index in [0.29, 0.717) is 19.3 Å². The zero-order valence-corrected chi connectivity index (χ0v) is 16.8. The molecule has 0 spiro atoms. The molecule has 1 heterocycles. The van der Waals surface area contributed by atoms with E-state index in [2.05, 4.69) is 5.32 Å². The van der Waals surface area contributed by atoms with E-state index >= 15 is 0 Å². The van der Waals surface area contributed by atoms with Gasteiger partial charge in [-0.25, -0.2) is 9.59 Å². The number of benzene rings is 1. The van der Waals surface area contributed by atoms with Crippen LogP contribution >= 0.6 is 0 Å². The summed E-state index contributed by atoms with van der Waals surface area (Å²) in [5, 5.41) is 20.7. The molecule has 0 radical (unpaired) electrons. The van der Waals surface area contributed by atoms with Gasteiger partial charge in [-0.15, -0.1) is 0 Å². The summed E-state index contributed by atoms with van der Waals surface area (Å²) in [6.45, 7) is 1.73. The second-order valence-electron chi connectivity index (χ2n) is 7.46. The molecule has 1 saturated heterocycles. The second kappa shape index (κ2) is 10.1. The number of carboxylic acid groups (broad SMARTS) is 2. The van der Waals surface area contributed by atoms with Gasteiger partial charge in [-0.3, -0.25) is 4.79 Å². The van der Waals surface area contributed by atoms with Crippen molar-refractivity contribution in [3.8, 4) is 0 Å². The number of hydrogen-bond donors (Lipinski definition) is 3. The highest BCUT2D eigenvalue weighted by atomic mass is 19.4. The molecule has 1 aliphatic rings. The molecule has 8 nitrogen and oxygen atoms in total. The van der Waals surface area contributed by atoms with E-state index in [1.165, 1.54) is 6.92 Å². The molecule has 0 bridgehead atoms. The normalized spacial score (nSPS) is 22.5. The number of ether oxygens (including phenoxy) is 2. The molecule has 1 aliphatic heterocycles. The number of carbonyl (C=O) groups is 3. The highest BCUT2D eigenvalue weighted by Gasteiger charge is 2.40. The molecule has 1 aromatic rings. The maximum absolute atomic E-state index is 12.6. The third-order valence-electron chi connectivity index (χ3n) is 5.01. The van der Waals surface area contributed by atoms with Crippen molar-refractivity contribution in [3.05, 3.63) is 35.4 Å². The number of unbranched alkanes of at least 4 members (excludes halogenated alkanes) is 1. The van der Waals surface area contributed by atoms with Crippen LogP contribution < -0.4 is 5.32 Å². The molecule has 1 aromatic carbocycles. The summed E-state index contributed by atoms with van der Waals surface area (Å²) in [5.74, 6) is -4.92. The van der Waals surface area contributed by atoms with Crippen molar-refractivity contribution in [2.24, 2.45) is 5.92 Å². The first-order valence-electron chi connectivity index (χ1n) is 9.64. The minimum Gasteiger partial charge on any atom is -0.480 e. The van der Waals surface area contributed by atoms with E-state index in [1.807, 2.05) is 0 Å². The average molecular weight is 447 g/mol. The van der Waals surface area contributed by atoms with Crippen LogP contribution in [0.3, 0.4) is 0 Å². The Kier molecular flexibility index (Phi) is 8.02. The maximum Gasteiger partial charge on any atom is 0.416 e. The van der Waals surface area contributed by atoms with Crippen LogP contribution in [0.25, 0.3) is 0 Å². The lowest BCUT2D eigenvalue weighted by Gasteiger charge is -2.34. The lowest BCUT2D eigenvalue weighted by molar-refractivity contribution is -0.271. The third kappa shape index (κ3) is 6.93. The molecular weight excluding hydrogens is 423 g/mol. The molecule has 3 N–H and O–H groups in total. The standard InChI is InChI=1S/C20H24F3NO7/c1-19(18(28)29)30-10-12(11-31-19)4-2-3-5-15(17(26)27)24-16(25)13-6-8-14(9-7-13)20(21,22)23/h6-9,12,15H,2-5,10-11H2,1H3,(H,24,25)(H,26,27)(H,28,29)/t12-,15?,19+. The molecule has 11 heteroatoms. The quantitative estimate of drug-likeness (QED) is 0.498. The van der Waals surface area contributed by atoms with Gasteiger partial charge >= 0.3 is 18.1 Å². The predicted octanol–water partition coefficient (Wildman–Crippen LogP) is 2.91. The molecular formula is C20H24F3NO7. The SMILES string of the molecule is C[C@]1(C(=O)O)OC[C@@H](CCCCC(NC(=O)c2ccc(C(F)(F)F)cc2)C(=O)O)CO1. The van der Waals surface area contributed by atoms with Crippen LogP contribution in [0.2, 0.25) is 0 Å². The van der Waals surface area contributed by atoms with Crippen LogP contribution in [0.5, 0.6) is 0 Å². The van der Waals surface area contributed by atoms with Gasteiger partial charge < -0.3 is 25.0 Å². The van der Waals surface area contributed by atoms with Gasteiger partial charge in [-0.05, 0) is 37.1 Å². The number of carbonyl (C=O) groups excluding carboxylic acids is 1. The fourth-order valence-corrected chi connectivity index (χ4v) is 3.02. The first kappa shape index (κ1) is 24.6. The molecule has 2 rings (SSSR count). The van der Waals surface area contributed by atoms with Crippen LogP contribution in [0, 0.1) is 5.92 Å². The minimum absolute atomic E-state index is 0.0301. The van der Waals surface area contributed by atoms with E-state index < -0.39 is 41.4 Å². The summed E-state index contributed by atoms with van der Waals surface area (Å²) in [6, 6.07) is 2.31. The van der Waals surface area contributed by atoms with Gasteiger partial charge in [0.05, 0.1) is 18.8 Å². The molecule has 1 unspecified atom stereocenters. The van der Waals surface area contributed by atoms with Crippen molar-refractivity contribution in [3.63, 3.8) is 0 Å². The molecule has 0 aromatic heterocycles. The summed E-state index contributed by atoms with van der Waals surface area (Å²) in [5.41, 5.74) is -0.976. The molecule has 1 amide bonds. The van der Waals surface area contributed by atoms with Gasteiger partial charge in [0.2, 0.25) is 0 Å². The zero-order chi connectivity index (χ0) is 23.2. The number of carboxylic acids is 2. The van der Waals surface area contributed by atoms with Gasteiger partial charge in [0.25, 0.3) is 11.7 Å². The van der Waals surface area contributed by atoms with Gasteiger partial charge in [-0.2, -0.15) is 13.2 Å². The Morgan fingerprint density at radius 3 is 2.19 bits per heavy atom. The van der Waals surface area contributed by atoms with Crippen molar-refractivity contribution in [1.82, 2.24) is 5.32 Å². The number of rotatable bonds is 9. The summed E-state index contributed by atoms with van der Waals surface area (Å²) in [6.07, 6.45) is -2.73. The van der Waals surface area contributed by atoms with Gasteiger partial charge in [0.15, 0.2) is 0 Å². The molecule has 0 saturated carbocycles. The summed E-state index contributed by atoms with van der Waals surface area (Å²) < 4.78 is 48.3. The first-order chi connectivity index (χ1) is 14.4. The van der Waals surface area contributed by atoms with Crippen molar-refractivity contribution in [2.75, 3.05) is 13.2 Å². The Hall–Kier alpha value is -2.66. The third-order valence-corrected chi connectivity index (χ3v) is 5.01. The Labute approximate surface area is 176 Å². The Morgan fingerprint density at radius 2 is 1.71 bits per heavy atom. The number of amides is 1. The second-order valence-corrected chi connectivity index (χ2v) is 7.46. The van der Waals surface area contributed by atoms with Crippen molar-refractivity contribution >= 4 is 17.8 Å². The highest BCUT2D eigenvalue weighted by Crippen LogP contribution is 2.29. The Bertz CT molecular complexity index is 787. The smallest absolute Gasteiger partial charge is 0.416 e. The summed E-state index contributed by atoms with van der Waals surface area (Å²) in [7, 11) is 0. The zero-order valence-electron chi connectivity index (χ0n) is 16.8. The fraction of sp³-hybridized carbons (Fsp3) is 0.550. The largest absolute Gasteiger partial charge is 0.480 e. The van der Waals surface area contributed by atoms with Crippen LogP contribution in [0.15, 0.2) is 24.3 Å². The lowest BCUT2D eigenvalue weighted by atomic mass is 9.99. The van der Waals surface area contributed by atoms with E-state index in [0.717, 1.165) is 24.3 Å². The van der Waals surface area contributed by atoms with Crippen molar-refractivity contribution in [1.29, 1.82) is 0 Å². The topological polar surface area (TPSA) is 122 Å². The van der Waals surface area contributed by atoms with E-state index in [1.54, 1.807) is 0 Å². The molecule has 0 aliphatic carbocycles. The first-order valence-corrected chi connectivity index (χ1v) is 9.64. The Morgan fingerprint density at radius 1 is 1.13 bits per heavy atom. The molecule has 31 heavy (non-hydrogen) atoms. The summed E-state index contributed by atoms with van der Waals surface area (Å²) in [4.78, 5) is 34.6. The lowest BCUT2D eigenvalue weighted by Crippen LogP contribution is -2.47. The number of nitrogens with one attached hydrogen (secondary N) is 1. The van der Waals surface area contributed by atoms with Gasteiger partial charge in [-0.1, -0.05) is 12.8 Å². The summed E-state index contributed by atoms with van der Waals surface area (Å²) >= 11 is 0. The van der Waals surface area contributed by atoms with Crippen LogP contribution in [0.1, 0.15) is 48.5 Å². The van der Waals surface area contributed by atoms with Crippen LogP contribution in [-0.4, -0.2) is 53.1 Å². The van der Waals surface area contributed by atoms with Crippen LogP contribution in [-0.2, 0) is 25.2 Å². The number of hydrogen-bond acceptors (Lipinski definition) is 5. The Balaban J connectivity index is 1.78. The number of aliphatic carboxylic acids is 2. The molecule has 172 valence electrons. The van der Waals surface area contributed by atoms with Gasteiger partial charge in [0.1, 0.15) is 6.04 Å². The van der Waals surface area contributed by atoms with Crippen molar-refractivity contribution < 1.29 is 47.2 Å². The number of halogens is 3.